The average Bonchev–Trinajstić information content (AvgIpc) is 3.05. The van der Waals surface area contributed by atoms with Crippen molar-refractivity contribution in [3.05, 3.63) is 59.7 Å². The smallest absolute Gasteiger partial charge is 0.210 e. The number of benzene rings is 2. The van der Waals surface area contributed by atoms with Gasteiger partial charge in [-0.25, -0.2) is 4.68 Å². The number of fused-ring (bicyclic) bond motifs is 1. The lowest BCUT2D eigenvalue weighted by Gasteiger charge is -2.26. The topological polar surface area (TPSA) is 52.0 Å². The van der Waals surface area contributed by atoms with Gasteiger partial charge < -0.3 is 10.2 Å². The van der Waals surface area contributed by atoms with Crippen molar-refractivity contribution >= 4 is 11.8 Å². The first kappa shape index (κ1) is 15.1. The Morgan fingerprint density at radius 3 is 2.54 bits per heavy atom. The molecule has 1 unspecified atom stereocenters. The molecule has 1 aliphatic rings. The van der Waals surface area contributed by atoms with Crippen molar-refractivity contribution in [1.82, 2.24) is 14.9 Å². The van der Waals surface area contributed by atoms with Gasteiger partial charge in [-0.15, -0.1) is 10.2 Å². The van der Waals surface area contributed by atoms with Crippen LogP contribution in [-0.4, -0.2) is 27.7 Å². The molecular weight excluding hydrogens is 320 g/mol. The maximum absolute atomic E-state index is 5.24. The monoisotopic (exact) mass is 338 g/mol. The molecule has 0 amide bonds. The maximum Gasteiger partial charge on any atom is 0.210 e. The van der Waals surface area contributed by atoms with Crippen molar-refractivity contribution in [1.29, 1.82) is 0 Å². The molecule has 122 valence electrons. The highest BCUT2D eigenvalue weighted by Crippen LogP contribution is 2.32. The first-order valence-electron chi connectivity index (χ1n) is 7.80. The molecule has 4 rings (SSSR count). The Balaban J connectivity index is 1.64. The van der Waals surface area contributed by atoms with E-state index in [2.05, 4.69) is 58.9 Å². The van der Waals surface area contributed by atoms with Gasteiger partial charge in [-0.3, -0.25) is 0 Å². The van der Waals surface area contributed by atoms with Gasteiger partial charge in [-0.2, -0.15) is 0 Å². The molecule has 1 aliphatic heterocycles. The summed E-state index contributed by atoms with van der Waals surface area (Å²) in [5, 5.41) is 9.57. The number of nitrogens with one attached hydrogen (secondary N) is 1. The Morgan fingerprint density at radius 2 is 1.83 bits per heavy atom. The van der Waals surface area contributed by atoms with Gasteiger partial charge in [0, 0.05) is 11.3 Å². The number of aromatic nitrogens is 3. The van der Waals surface area contributed by atoms with E-state index in [1.807, 2.05) is 16.8 Å². The van der Waals surface area contributed by atoms with E-state index in [1.54, 1.807) is 18.9 Å². The van der Waals surface area contributed by atoms with Crippen LogP contribution in [0.5, 0.6) is 5.75 Å². The van der Waals surface area contributed by atoms with Gasteiger partial charge in [0.05, 0.1) is 13.2 Å². The first-order valence-corrected chi connectivity index (χ1v) is 8.79. The molecule has 2 aromatic carbocycles. The number of thioether (sulfide) groups is 1. The third kappa shape index (κ3) is 2.73. The zero-order valence-electron chi connectivity index (χ0n) is 13.6. The second-order valence-electron chi connectivity index (χ2n) is 5.77. The fourth-order valence-electron chi connectivity index (χ4n) is 2.73. The molecule has 5 nitrogen and oxygen atoms in total. The van der Waals surface area contributed by atoms with Crippen LogP contribution in [0.1, 0.15) is 17.2 Å². The van der Waals surface area contributed by atoms with E-state index < -0.39 is 0 Å². The average molecular weight is 338 g/mol. The van der Waals surface area contributed by atoms with Crippen molar-refractivity contribution in [2.45, 2.75) is 18.1 Å². The summed E-state index contributed by atoms with van der Waals surface area (Å²) in [6, 6.07) is 16.7. The molecule has 0 radical (unpaired) electrons. The van der Waals surface area contributed by atoms with Crippen molar-refractivity contribution in [2.24, 2.45) is 0 Å². The van der Waals surface area contributed by atoms with Crippen LogP contribution >= 0.6 is 11.8 Å². The third-order valence-electron chi connectivity index (χ3n) is 4.13. The number of rotatable bonds is 3. The number of hydrogen-bond donors (Lipinski definition) is 1. The number of nitrogens with zero attached hydrogens (tertiary/aromatic N) is 3. The van der Waals surface area contributed by atoms with Crippen LogP contribution in [-0.2, 0) is 0 Å². The summed E-state index contributed by atoms with van der Waals surface area (Å²) < 4.78 is 7.23. The second kappa shape index (κ2) is 6.20. The predicted octanol–water partition coefficient (Wildman–Crippen LogP) is 3.65. The Bertz CT molecular complexity index is 842. The van der Waals surface area contributed by atoms with Gasteiger partial charge in [0.25, 0.3) is 0 Å². The Labute approximate surface area is 145 Å². The highest BCUT2D eigenvalue weighted by Gasteiger charge is 2.24. The van der Waals surface area contributed by atoms with Gasteiger partial charge in [-0.1, -0.05) is 53.7 Å². The summed E-state index contributed by atoms with van der Waals surface area (Å²) in [5.41, 5.74) is 7.05. The fourth-order valence-corrected chi connectivity index (χ4v) is 3.68. The zero-order chi connectivity index (χ0) is 16.5. The Kier molecular flexibility index (Phi) is 3.90. The van der Waals surface area contributed by atoms with Crippen molar-refractivity contribution in [3.63, 3.8) is 0 Å². The predicted molar refractivity (Wildman–Crippen MR) is 96.0 cm³/mol. The van der Waals surface area contributed by atoms with Crippen LogP contribution in [0, 0.1) is 6.92 Å². The lowest BCUT2D eigenvalue weighted by Crippen LogP contribution is -2.28. The number of ether oxygens (including phenoxy) is 1. The Hall–Kier alpha value is -2.47. The van der Waals surface area contributed by atoms with Crippen molar-refractivity contribution in [2.75, 3.05) is 18.3 Å². The summed E-state index contributed by atoms with van der Waals surface area (Å²) in [5.74, 6) is 2.63. The Morgan fingerprint density at radius 1 is 1.08 bits per heavy atom. The third-order valence-corrected chi connectivity index (χ3v) is 5.15. The molecule has 1 atom stereocenters. The summed E-state index contributed by atoms with van der Waals surface area (Å²) >= 11 is 1.72. The van der Waals surface area contributed by atoms with E-state index in [4.69, 9.17) is 4.74 Å². The molecule has 0 aliphatic carbocycles. The number of aryl methyl sites for hydroxylation is 1. The van der Waals surface area contributed by atoms with E-state index in [1.165, 1.54) is 11.1 Å². The van der Waals surface area contributed by atoms with Crippen LogP contribution in [0.25, 0.3) is 11.4 Å². The van der Waals surface area contributed by atoms with E-state index >= 15 is 0 Å². The zero-order valence-corrected chi connectivity index (χ0v) is 14.4. The van der Waals surface area contributed by atoms with Gasteiger partial charge in [0.15, 0.2) is 5.82 Å². The van der Waals surface area contributed by atoms with Crippen LogP contribution in [0.4, 0.5) is 0 Å². The SMILES string of the molecule is COc1ccc(C2CSc3nnc(-c4ccc(C)cc4)n3N2)cc1. The van der Waals surface area contributed by atoms with E-state index in [-0.39, 0.29) is 6.04 Å². The highest BCUT2D eigenvalue weighted by molar-refractivity contribution is 7.99. The van der Waals surface area contributed by atoms with Crippen LogP contribution in [0.2, 0.25) is 0 Å². The van der Waals surface area contributed by atoms with Crippen LogP contribution in [0.3, 0.4) is 0 Å². The molecule has 3 aromatic rings. The molecule has 1 aromatic heterocycles. The summed E-state index contributed by atoms with van der Waals surface area (Å²) in [6.07, 6.45) is 0. The number of hydrogen-bond acceptors (Lipinski definition) is 5. The quantitative estimate of drug-likeness (QED) is 0.790. The lowest BCUT2D eigenvalue weighted by molar-refractivity contribution is 0.414. The first-order chi connectivity index (χ1) is 11.7. The summed E-state index contributed by atoms with van der Waals surface area (Å²) in [7, 11) is 1.68. The second-order valence-corrected chi connectivity index (χ2v) is 6.76. The van der Waals surface area contributed by atoms with Gasteiger partial charge in [-0.05, 0) is 24.6 Å². The molecule has 0 fully saturated rings. The molecule has 2 heterocycles. The minimum Gasteiger partial charge on any atom is -0.497 e. The van der Waals surface area contributed by atoms with Crippen molar-refractivity contribution in [3.8, 4) is 17.1 Å². The lowest BCUT2D eigenvalue weighted by atomic mass is 10.1. The highest BCUT2D eigenvalue weighted by atomic mass is 32.2. The van der Waals surface area contributed by atoms with Gasteiger partial charge >= 0.3 is 0 Å². The summed E-state index contributed by atoms with van der Waals surface area (Å²) in [6.45, 7) is 2.08. The van der Waals surface area contributed by atoms with Crippen molar-refractivity contribution < 1.29 is 4.74 Å². The van der Waals surface area contributed by atoms with E-state index in [0.717, 1.165) is 28.0 Å². The molecule has 0 saturated heterocycles. The molecule has 0 saturated carbocycles. The molecule has 1 N–H and O–H groups in total. The van der Waals surface area contributed by atoms with E-state index in [0.29, 0.717) is 0 Å². The molecule has 24 heavy (non-hydrogen) atoms. The molecule has 0 spiro atoms. The molecule has 0 bridgehead atoms. The minimum atomic E-state index is 0.202. The van der Waals surface area contributed by atoms with Gasteiger partial charge in [0.2, 0.25) is 5.16 Å². The van der Waals surface area contributed by atoms with Crippen LogP contribution < -0.4 is 10.2 Å². The standard InChI is InChI=1S/C18H18N4OS/c1-12-3-5-14(6-4-12)17-19-20-18-22(17)21-16(11-24-18)13-7-9-15(23-2)10-8-13/h3-10,16,21H,11H2,1-2H3. The summed E-state index contributed by atoms with van der Waals surface area (Å²) in [4.78, 5) is 0. The van der Waals surface area contributed by atoms with E-state index in [9.17, 15) is 0 Å². The molecule has 6 heteroatoms. The fraction of sp³-hybridized carbons (Fsp3) is 0.222. The largest absolute Gasteiger partial charge is 0.497 e. The minimum absolute atomic E-state index is 0.202. The molecular formula is C18H18N4OS. The normalized spacial score (nSPS) is 16.3. The van der Waals surface area contributed by atoms with Gasteiger partial charge in [0.1, 0.15) is 5.75 Å². The maximum atomic E-state index is 5.24. The number of methoxy groups -OCH3 is 1. The van der Waals surface area contributed by atoms with Crippen LogP contribution in [0.15, 0.2) is 53.7 Å².